The fourth-order valence-electron chi connectivity index (χ4n) is 4.19. The van der Waals surface area contributed by atoms with Crippen LogP contribution in [-0.4, -0.2) is 76.1 Å². The Labute approximate surface area is 202 Å². The van der Waals surface area contributed by atoms with Gasteiger partial charge in [-0.05, 0) is 49.9 Å². The van der Waals surface area contributed by atoms with Gasteiger partial charge in [0.15, 0.2) is 6.29 Å². The number of nitrogens with one attached hydrogen (secondary N) is 1. The molecule has 1 aromatic rings. The van der Waals surface area contributed by atoms with Crippen molar-refractivity contribution in [2.45, 2.75) is 58.8 Å². The molecule has 34 heavy (non-hydrogen) atoms. The molecule has 0 bridgehead atoms. The van der Waals surface area contributed by atoms with E-state index in [2.05, 4.69) is 10.2 Å². The van der Waals surface area contributed by atoms with Crippen molar-refractivity contribution < 1.29 is 28.7 Å². The summed E-state index contributed by atoms with van der Waals surface area (Å²) in [5.41, 5.74) is 2.04. The second-order valence-corrected chi connectivity index (χ2v) is 7.86. The predicted molar refractivity (Wildman–Crippen MR) is 131 cm³/mol. The van der Waals surface area contributed by atoms with Gasteiger partial charge in [0.25, 0.3) is 5.91 Å². The van der Waals surface area contributed by atoms with Crippen molar-refractivity contribution in [3.8, 4) is 0 Å². The Balaban J connectivity index is 0.00000281. The van der Waals surface area contributed by atoms with Crippen LogP contribution in [0.25, 0.3) is 0 Å². The van der Waals surface area contributed by atoms with Crippen LogP contribution in [0.3, 0.4) is 0 Å². The maximum absolute atomic E-state index is 13.1. The number of piperidine rings is 1. The topological polar surface area (TPSA) is 105 Å². The number of hydrogen-bond donors (Lipinski definition) is 1. The molecule has 0 aromatic heterocycles. The lowest BCUT2D eigenvalue weighted by molar-refractivity contribution is -0.141. The van der Waals surface area contributed by atoms with E-state index in [4.69, 9.17) is 9.47 Å². The number of likely N-dealkylation sites (N-methyl/N-ethyl adjacent to an activating group) is 1. The first kappa shape index (κ1) is 29.3. The highest BCUT2D eigenvalue weighted by molar-refractivity contribution is 6.04. The van der Waals surface area contributed by atoms with E-state index in [0.717, 1.165) is 36.5 Å². The van der Waals surface area contributed by atoms with Gasteiger partial charge in [0.05, 0.1) is 0 Å². The van der Waals surface area contributed by atoms with Crippen molar-refractivity contribution in [3.63, 3.8) is 0 Å². The number of aldehydes is 1. The largest absolute Gasteiger partial charge is 0.372 e. The highest BCUT2D eigenvalue weighted by Crippen LogP contribution is 2.28. The predicted octanol–water partition coefficient (Wildman–Crippen LogP) is 2.55. The Hall–Kier alpha value is -2.78. The molecule has 1 aliphatic heterocycles. The van der Waals surface area contributed by atoms with Crippen molar-refractivity contribution in [3.05, 3.63) is 29.3 Å². The normalized spacial score (nSPS) is 14.6. The first-order valence-corrected chi connectivity index (χ1v) is 11.8. The van der Waals surface area contributed by atoms with Crippen molar-refractivity contribution in [2.75, 3.05) is 39.3 Å². The molecule has 1 saturated heterocycles. The van der Waals surface area contributed by atoms with Crippen LogP contribution in [0.1, 0.15) is 55.5 Å². The summed E-state index contributed by atoms with van der Waals surface area (Å²) in [6.07, 6.45) is 2.80. The molecule has 1 atom stereocenters. The van der Waals surface area contributed by atoms with Crippen LogP contribution in [0.2, 0.25) is 0 Å². The summed E-state index contributed by atoms with van der Waals surface area (Å²) in [6.45, 7) is 7.48. The van der Waals surface area contributed by atoms with Crippen LogP contribution in [0, 0.1) is 12.8 Å². The van der Waals surface area contributed by atoms with Crippen LogP contribution < -0.4 is 10.2 Å². The van der Waals surface area contributed by atoms with E-state index < -0.39 is 17.9 Å². The van der Waals surface area contributed by atoms with Crippen LogP contribution >= 0.6 is 0 Å². The summed E-state index contributed by atoms with van der Waals surface area (Å²) < 4.78 is 10.8. The molecule has 1 N–H and O–H groups in total. The van der Waals surface area contributed by atoms with Crippen LogP contribution in [0.5, 0.6) is 0 Å². The first-order chi connectivity index (χ1) is 16.4. The number of carbonyl (C=O) groups excluding carboxylic acids is 4. The molecule has 2 rings (SSSR count). The number of anilines is 1. The number of nitrogens with zero attached hydrogens (tertiary/aromatic N) is 2. The number of benzene rings is 1. The quantitative estimate of drug-likeness (QED) is 0.386. The molecule has 0 radical (unpaired) electrons. The van der Waals surface area contributed by atoms with Crippen molar-refractivity contribution in [1.29, 1.82) is 0 Å². The molecule has 1 aliphatic rings. The smallest absolute Gasteiger partial charge is 0.261 e. The standard InChI is InChI=1S/C23H33N3O6.C2H6/c1-16-14-18(25-11-9-17(10-12-25)23(31-3)32-4)7-8-19(16)22(30)26(15-28)20(6-5-13-27)21(29)24-2;1-2/h7-8,13-15,17,20,23H,5-6,9-12H2,1-4H3,(H,24,29);1-2H3. The molecule has 1 fully saturated rings. The summed E-state index contributed by atoms with van der Waals surface area (Å²) >= 11 is 0. The lowest BCUT2D eigenvalue weighted by Crippen LogP contribution is -2.48. The van der Waals surface area contributed by atoms with Crippen LogP contribution in [-0.2, 0) is 23.9 Å². The third-order valence-electron chi connectivity index (χ3n) is 5.99. The van der Waals surface area contributed by atoms with Gasteiger partial charge in [-0.15, -0.1) is 0 Å². The third kappa shape index (κ3) is 7.36. The van der Waals surface area contributed by atoms with E-state index in [-0.39, 0.29) is 19.1 Å². The van der Waals surface area contributed by atoms with Gasteiger partial charge in [0.2, 0.25) is 12.3 Å². The number of amides is 3. The van der Waals surface area contributed by atoms with Crippen molar-refractivity contribution >= 4 is 30.2 Å². The zero-order valence-corrected chi connectivity index (χ0v) is 21.2. The number of aryl methyl sites for hydroxylation is 1. The second kappa shape index (κ2) is 15.2. The summed E-state index contributed by atoms with van der Waals surface area (Å²) in [6, 6.07) is 4.42. The molecule has 9 heteroatoms. The molecule has 1 aromatic carbocycles. The van der Waals surface area contributed by atoms with Crippen LogP contribution in [0.15, 0.2) is 18.2 Å². The van der Waals surface area contributed by atoms with E-state index in [9.17, 15) is 19.2 Å². The van der Waals surface area contributed by atoms with Gasteiger partial charge in [-0.1, -0.05) is 13.8 Å². The number of carbonyl (C=O) groups is 4. The van der Waals surface area contributed by atoms with E-state index in [0.29, 0.717) is 29.7 Å². The minimum Gasteiger partial charge on any atom is -0.372 e. The molecule has 1 unspecified atom stereocenters. The number of ether oxygens (including phenoxy) is 2. The molecule has 0 saturated carbocycles. The average Bonchev–Trinajstić information content (AvgIpc) is 2.88. The van der Waals surface area contributed by atoms with Crippen LogP contribution in [0.4, 0.5) is 5.69 Å². The fraction of sp³-hybridized carbons (Fsp3) is 0.600. The van der Waals surface area contributed by atoms with E-state index >= 15 is 0 Å². The molecular weight excluding hydrogens is 438 g/mol. The summed E-state index contributed by atoms with van der Waals surface area (Å²) in [4.78, 5) is 50.9. The van der Waals surface area contributed by atoms with Gasteiger partial charge in [-0.2, -0.15) is 0 Å². The number of methoxy groups -OCH3 is 2. The Morgan fingerprint density at radius 3 is 2.26 bits per heavy atom. The molecular formula is C25H39N3O6. The number of imide groups is 1. The fourth-order valence-corrected chi connectivity index (χ4v) is 4.19. The molecule has 3 amide bonds. The maximum atomic E-state index is 13.1. The molecule has 190 valence electrons. The summed E-state index contributed by atoms with van der Waals surface area (Å²) in [5.74, 6) is -0.725. The first-order valence-electron chi connectivity index (χ1n) is 11.8. The van der Waals surface area contributed by atoms with Gasteiger partial charge >= 0.3 is 0 Å². The Morgan fingerprint density at radius 2 is 1.79 bits per heavy atom. The van der Waals surface area contributed by atoms with Gasteiger partial charge in [0, 0.05) is 57.9 Å². The second-order valence-electron chi connectivity index (χ2n) is 7.86. The van der Waals surface area contributed by atoms with Gasteiger partial charge in [0.1, 0.15) is 12.3 Å². The maximum Gasteiger partial charge on any atom is 0.261 e. The van der Waals surface area contributed by atoms with E-state index in [1.807, 2.05) is 26.0 Å². The van der Waals surface area contributed by atoms with Gasteiger partial charge in [-0.25, -0.2) is 0 Å². The number of hydrogen-bond acceptors (Lipinski definition) is 7. The highest BCUT2D eigenvalue weighted by atomic mass is 16.7. The van der Waals surface area contributed by atoms with E-state index in [1.54, 1.807) is 27.2 Å². The lowest BCUT2D eigenvalue weighted by atomic mass is 9.95. The third-order valence-corrected chi connectivity index (χ3v) is 5.99. The van der Waals surface area contributed by atoms with Gasteiger partial charge < -0.3 is 24.5 Å². The average molecular weight is 478 g/mol. The molecule has 1 heterocycles. The van der Waals surface area contributed by atoms with E-state index in [1.165, 1.54) is 7.05 Å². The summed E-state index contributed by atoms with van der Waals surface area (Å²) in [7, 11) is 4.72. The van der Waals surface area contributed by atoms with Crippen molar-refractivity contribution in [1.82, 2.24) is 10.2 Å². The minimum atomic E-state index is -1.04. The van der Waals surface area contributed by atoms with Crippen molar-refractivity contribution in [2.24, 2.45) is 5.92 Å². The zero-order valence-electron chi connectivity index (χ0n) is 21.2. The zero-order chi connectivity index (χ0) is 25.7. The lowest BCUT2D eigenvalue weighted by Gasteiger charge is -2.36. The molecule has 0 spiro atoms. The summed E-state index contributed by atoms with van der Waals surface area (Å²) in [5, 5.41) is 2.45. The highest BCUT2D eigenvalue weighted by Gasteiger charge is 2.31. The Kier molecular flexibility index (Phi) is 13.1. The molecule has 9 nitrogen and oxygen atoms in total. The Bertz CT molecular complexity index is 804. The molecule has 0 aliphatic carbocycles. The Morgan fingerprint density at radius 1 is 1.18 bits per heavy atom. The SMILES string of the molecule is CC.CNC(=O)C(CCC=O)N(C=O)C(=O)c1ccc(N2CCC(C(OC)OC)CC2)cc1C. The monoisotopic (exact) mass is 477 g/mol. The number of rotatable bonds is 11. The van der Waals surface area contributed by atoms with Gasteiger partial charge in [-0.3, -0.25) is 19.3 Å². The minimum absolute atomic E-state index is 0.0661.